The first-order chi connectivity index (χ1) is 13.3. The van der Waals surface area contributed by atoms with Crippen LogP contribution in [0, 0.1) is 5.92 Å². The number of carboxylic acid groups (broad SMARTS) is 2. The predicted molar refractivity (Wildman–Crippen MR) is 112 cm³/mol. The van der Waals surface area contributed by atoms with E-state index < -0.39 is 22.2 Å². The van der Waals surface area contributed by atoms with Crippen LogP contribution in [0.4, 0.5) is 0 Å². The summed E-state index contributed by atoms with van der Waals surface area (Å²) in [6, 6.07) is 0. The number of halogens is 2. The second-order valence-corrected chi connectivity index (χ2v) is 9.26. The first-order valence-electron chi connectivity index (χ1n) is 11.1. The Labute approximate surface area is 238 Å². The third-order valence-corrected chi connectivity index (χ3v) is 6.18. The van der Waals surface area contributed by atoms with Crippen molar-refractivity contribution in [1.82, 2.24) is 0 Å². The van der Waals surface area contributed by atoms with Crippen molar-refractivity contribution < 1.29 is 78.9 Å². The minimum absolute atomic E-state index is 0. The molecule has 8 heteroatoms. The van der Waals surface area contributed by atoms with E-state index in [-0.39, 0.29) is 65.5 Å². The van der Waals surface area contributed by atoms with Crippen LogP contribution in [0.2, 0.25) is 0 Å². The van der Waals surface area contributed by atoms with Gasteiger partial charge in [-0.05, 0) is 6.42 Å². The first kappa shape index (κ1) is 36.1. The van der Waals surface area contributed by atoms with Gasteiger partial charge >= 0.3 is 59.1 Å². The number of hydrogen-bond acceptors (Lipinski definition) is 4. The molecule has 0 saturated heterocycles. The molecule has 0 aliphatic heterocycles. The summed E-state index contributed by atoms with van der Waals surface area (Å²) in [6.07, 6.45) is 19.6. The Bertz CT molecular complexity index is 424. The van der Waals surface area contributed by atoms with Gasteiger partial charge in [0, 0.05) is 11.9 Å². The fraction of sp³-hybridized carbons (Fsp3) is 0.909. The summed E-state index contributed by atoms with van der Waals surface area (Å²) in [5, 5.41) is 21.9. The van der Waals surface area contributed by atoms with Crippen LogP contribution in [0.5, 0.6) is 0 Å². The zero-order chi connectivity index (χ0) is 21.3. The van der Waals surface area contributed by atoms with Gasteiger partial charge in [-0.15, -0.1) is 0 Å². The van der Waals surface area contributed by atoms with Crippen molar-refractivity contribution in [1.29, 1.82) is 0 Å². The van der Waals surface area contributed by atoms with E-state index in [1.165, 1.54) is 77.0 Å². The molecule has 0 aromatic carbocycles. The average Bonchev–Trinajstić information content (AvgIpc) is 2.63. The van der Waals surface area contributed by atoms with Gasteiger partial charge in [0.1, 0.15) is 0 Å². The molecule has 1 unspecified atom stereocenters. The van der Waals surface area contributed by atoms with Crippen molar-refractivity contribution >= 4 is 35.1 Å². The molecular formula is C22H38Cl2Na2O4. The van der Waals surface area contributed by atoms with Gasteiger partial charge in [-0.2, -0.15) is 0 Å². The van der Waals surface area contributed by atoms with E-state index in [0.717, 1.165) is 19.3 Å². The number of alkyl halides is 2. The number of carbonyl (C=O) groups is 2. The van der Waals surface area contributed by atoms with E-state index >= 15 is 0 Å². The molecule has 0 spiro atoms. The number of carboxylic acids is 2. The Balaban J connectivity index is -0.00000364. The number of unbranched alkanes of at least 4 members (excludes halogenated alkanes) is 15. The van der Waals surface area contributed by atoms with E-state index in [0.29, 0.717) is 6.42 Å². The monoisotopic (exact) mass is 482 g/mol. The van der Waals surface area contributed by atoms with Gasteiger partial charge in [-0.1, -0.05) is 133 Å². The molecule has 166 valence electrons. The topological polar surface area (TPSA) is 80.3 Å². The SMILES string of the molecule is CCCCCCCCCCCCCCCCCCC(C(=O)[O-])C(Cl)(Cl)C(=O)[O-].[Na+].[Na+]. The summed E-state index contributed by atoms with van der Waals surface area (Å²) in [4.78, 5) is 21.9. The second kappa shape index (κ2) is 23.7. The van der Waals surface area contributed by atoms with Crippen LogP contribution < -0.4 is 69.3 Å². The van der Waals surface area contributed by atoms with Crippen molar-refractivity contribution in [3.8, 4) is 0 Å². The Morgan fingerprint density at radius 2 is 0.967 bits per heavy atom. The minimum atomic E-state index is -2.44. The zero-order valence-corrected chi connectivity index (χ0v) is 25.0. The summed E-state index contributed by atoms with van der Waals surface area (Å²) in [5.41, 5.74) is 0. The number of hydrogen-bond donors (Lipinski definition) is 0. The van der Waals surface area contributed by atoms with Gasteiger partial charge in [0.25, 0.3) is 0 Å². The van der Waals surface area contributed by atoms with Gasteiger partial charge in [0.15, 0.2) is 4.33 Å². The summed E-state index contributed by atoms with van der Waals surface area (Å²) >= 11 is 11.2. The Kier molecular flexibility index (Phi) is 28.5. The van der Waals surface area contributed by atoms with E-state index in [4.69, 9.17) is 23.2 Å². The van der Waals surface area contributed by atoms with E-state index in [1.807, 2.05) is 0 Å². The van der Waals surface area contributed by atoms with Crippen molar-refractivity contribution in [3.05, 3.63) is 0 Å². The molecule has 0 aliphatic rings. The Morgan fingerprint density at radius 1 is 0.667 bits per heavy atom. The fourth-order valence-electron chi connectivity index (χ4n) is 3.49. The molecule has 0 heterocycles. The quantitative estimate of drug-likeness (QED) is 0.126. The van der Waals surface area contributed by atoms with Crippen LogP contribution in [0.1, 0.15) is 116 Å². The molecular weight excluding hydrogens is 445 g/mol. The van der Waals surface area contributed by atoms with E-state index in [1.54, 1.807) is 0 Å². The largest absolute Gasteiger partial charge is 1.00 e. The smallest absolute Gasteiger partial charge is 0.550 e. The van der Waals surface area contributed by atoms with E-state index in [2.05, 4.69) is 6.92 Å². The van der Waals surface area contributed by atoms with Gasteiger partial charge in [0.05, 0.1) is 5.97 Å². The van der Waals surface area contributed by atoms with Gasteiger partial charge in [-0.25, -0.2) is 0 Å². The molecule has 0 saturated carbocycles. The molecule has 0 bridgehead atoms. The summed E-state index contributed by atoms with van der Waals surface area (Å²) in [7, 11) is 0. The standard InChI is InChI=1S/C22H40Cl2O4.2Na/c1-2-3-4-5-6-7-8-9-10-11-12-13-14-15-16-17-18-19(20(25)26)22(23,24)21(27)28;;/h19H,2-18H2,1H3,(H,25,26)(H,27,28);;/q;2*+1/p-2. The fourth-order valence-corrected chi connectivity index (χ4v) is 3.88. The van der Waals surface area contributed by atoms with Crippen LogP contribution in [0.25, 0.3) is 0 Å². The molecule has 0 amide bonds. The Hall–Kier alpha value is 1.52. The molecule has 0 aromatic heterocycles. The minimum Gasteiger partial charge on any atom is -0.550 e. The normalized spacial score (nSPS) is 12.0. The molecule has 1 atom stereocenters. The molecule has 0 N–H and O–H groups in total. The molecule has 0 rings (SSSR count). The van der Waals surface area contributed by atoms with Gasteiger partial charge in [-0.3, -0.25) is 0 Å². The molecule has 0 aliphatic carbocycles. The second-order valence-electron chi connectivity index (χ2n) is 7.87. The predicted octanol–water partition coefficient (Wildman–Crippen LogP) is -1.06. The maximum atomic E-state index is 11.1. The van der Waals surface area contributed by atoms with Crippen molar-refractivity contribution in [2.75, 3.05) is 0 Å². The van der Waals surface area contributed by atoms with Gasteiger partial charge in [0.2, 0.25) is 0 Å². The Morgan fingerprint density at radius 3 is 1.23 bits per heavy atom. The molecule has 0 aromatic rings. The zero-order valence-electron chi connectivity index (χ0n) is 19.5. The van der Waals surface area contributed by atoms with Crippen LogP contribution in [0.15, 0.2) is 0 Å². The molecule has 30 heavy (non-hydrogen) atoms. The summed E-state index contributed by atoms with van der Waals surface area (Å²) in [5.74, 6) is -4.79. The van der Waals surface area contributed by atoms with Crippen LogP contribution in [-0.4, -0.2) is 16.3 Å². The van der Waals surface area contributed by atoms with Crippen LogP contribution in [-0.2, 0) is 9.59 Å². The number of rotatable bonds is 20. The average molecular weight is 483 g/mol. The molecule has 0 fully saturated rings. The number of carbonyl (C=O) groups excluding carboxylic acids is 2. The number of aliphatic carboxylic acids is 2. The van der Waals surface area contributed by atoms with Crippen molar-refractivity contribution in [2.45, 2.75) is 120 Å². The molecule has 0 radical (unpaired) electrons. The van der Waals surface area contributed by atoms with Gasteiger partial charge < -0.3 is 19.8 Å². The first-order valence-corrected chi connectivity index (χ1v) is 11.9. The van der Waals surface area contributed by atoms with Crippen molar-refractivity contribution in [2.24, 2.45) is 5.92 Å². The van der Waals surface area contributed by atoms with E-state index in [9.17, 15) is 19.8 Å². The van der Waals surface area contributed by atoms with Crippen LogP contribution in [0.3, 0.4) is 0 Å². The third-order valence-electron chi connectivity index (χ3n) is 5.34. The maximum absolute atomic E-state index is 11.1. The third kappa shape index (κ3) is 19.0. The summed E-state index contributed by atoms with van der Waals surface area (Å²) < 4.78 is -2.44. The van der Waals surface area contributed by atoms with Crippen LogP contribution >= 0.6 is 23.2 Å². The molecule has 4 nitrogen and oxygen atoms in total. The van der Waals surface area contributed by atoms with Crippen molar-refractivity contribution in [3.63, 3.8) is 0 Å². The summed E-state index contributed by atoms with van der Waals surface area (Å²) in [6.45, 7) is 2.25. The maximum Gasteiger partial charge on any atom is 1.00 e.